The molecule has 0 spiro atoms. The maximum Gasteiger partial charge on any atom is 0.251 e. The predicted molar refractivity (Wildman–Crippen MR) is 114 cm³/mol. The molecular formula is C22H26N4OS. The van der Waals surface area contributed by atoms with Crippen LogP contribution in [0.4, 0.5) is 0 Å². The number of carbonyl (C=O) groups excluding carboxylic acids is 1. The lowest BCUT2D eigenvalue weighted by Crippen LogP contribution is -2.40. The van der Waals surface area contributed by atoms with Crippen LogP contribution in [0.2, 0.25) is 0 Å². The van der Waals surface area contributed by atoms with E-state index < -0.39 is 0 Å². The van der Waals surface area contributed by atoms with Gasteiger partial charge in [-0.1, -0.05) is 13.0 Å². The summed E-state index contributed by atoms with van der Waals surface area (Å²) >= 11 is 1.73. The predicted octanol–water partition coefficient (Wildman–Crippen LogP) is 3.84. The smallest absolute Gasteiger partial charge is 0.251 e. The number of likely N-dealkylation sites (tertiary alicyclic amines) is 1. The number of pyridine rings is 1. The third-order valence-electron chi connectivity index (χ3n) is 5.32. The lowest BCUT2D eigenvalue weighted by atomic mass is 10.2. The van der Waals surface area contributed by atoms with Gasteiger partial charge in [-0.15, -0.1) is 11.8 Å². The Hall–Kier alpha value is -2.31. The number of nitrogens with one attached hydrogen (secondary N) is 1. The van der Waals surface area contributed by atoms with Gasteiger partial charge in [-0.3, -0.25) is 9.69 Å². The molecule has 0 bridgehead atoms. The number of rotatable bonds is 7. The van der Waals surface area contributed by atoms with Crippen molar-refractivity contribution in [3.8, 4) is 0 Å². The van der Waals surface area contributed by atoms with Gasteiger partial charge in [-0.2, -0.15) is 0 Å². The topological polar surface area (TPSA) is 49.6 Å². The lowest BCUT2D eigenvalue weighted by molar-refractivity contribution is 0.0941. The number of fused-ring (bicyclic) bond motifs is 1. The molecule has 1 saturated heterocycles. The van der Waals surface area contributed by atoms with Crippen LogP contribution in [-0.2, 0) is 5.75 Å². The van der Waals surface area contributed by atoms with E-state index in [4.69, 9.17) is 0 Å². The van der Waals surface area contributed by atoms with E-state index >= 15 is 0 Å². The zero-order chi connectivity index (χ0) is 19.3. The molecule has 1 aliphatic rings. The van der Waals surface area contributed by atoms with Gasteiger partial charge in [0.05, 0.1) is 5.69 Å². The van der Waals surface area contributed by atoms with Crippen molar-refractivity contribution in [2.75, 3.05) is 19.6 Å². The minimum absolute atomic E-state index is 0.0138. The van der Waals surface area contributed by atoms with Gasteiger partial charge in [0.15, 0.2) is 0 Å². The van der Waals surface area contributed by atoms with E-state index in [9.17, 15) is 4.79 Å². The Morgan fingerprint density at radius 2 is 2.11 bits per heavy atom. The van der Waals surface area contributed by atoms with Crippen LogP contribution in [0.1, 0.15) is 35.8 Å². The van der Waals surface area contributed by atoms with Crippen molar-refractivity contribution in [1.82, 2.24) is 19.6 Å². The van der Waals surface area contributed by atoms with Crippen molar-refractivity contribution in [2.24, 2.45) is 0 Å². The number of carbonyl (C=O) groups is 1. The molecule has 3 aromatic rings. The van der Waals surface area contributed by atoms with Crippen molar-refractivity contribution >= 4 is 23.3 Å². The molecular weight excluding hydrogens is 368 g/mol. The first-order chi connectivity index (χ1) is 13.7. The summed E-state index contributed by atoms with van der Waals surface area (Å²) in [4.78, 5) is 20.6. The van der Waals surface area contributed by atoms with Crippen molar-refractivity contribution in [1.29, 1.82) is 0 Å². The monoisotopic (exact) mass is 394 g/mol. The molecule has 2 aromatic heterocycles. The number of thioether (sulfide) groups is 1. The highest BCUT2D eigenvalue weighted by molar-refractivity contribution is 7.98. The van der Waals surface area contributed by atoms with Gasteiger partial charge in [0, 0.05) is 41.2 Å². The fourth-order valence-corrected chi connectivity index (χ4v) is 4.55. The fraction of sp³-hybridized carbons (Fsp3) is 0.364. The number of imidazole rings is 1. The molecule has 0 saturated carbocycles. The average Bonchev–Trinajstić information content (AvgIpc) is 3.36. The van der Waals surface area contributed by atoms with E-state index in [2.05, 4.69) is 28.3 Å². The molecule has 146 valence electrons. The number of amides is 1. The Morgan fingerprint density at radius 3 is 2.89 bits per heavy atom. The van der Waals surface area contributed by atoms with Crippen LogP contribution >= 0.6 is 11.8 Å². The second-order valence-corrected chi connectivity index (χ2v) is 8.19. The normalized spacial score (nSPS) is 17.2. The van der Waals surface area contributed by atoms with Gasteiger partial charge in [0.1, 0.15) is 5.65 Å². The van der Waals surface area contributed by atoms with Gasteiger partial charge in [-0.25, -0.2) is 4.98 Å². The van der Waals surface area contributed by atoms with Gasteiger partial charge in [0.2, 0.25) is 0 Å². The SMILES string of the molecule is CCN1CCCC1CNC(=O)c1ccc(SCc2cn3ccccc3n2)cc1. The van der Waals surface area contributed by atoms with Gasteiger partial charge >= 0.3 is 0 Å². The van der Waals surface area contributed by atoms with Gasteiger partial charge in [-0.05, 0) is 62.3 Å². The van der Waals surface area contributed by atoms with Crippen LogP contribution in [0.3, 0.4) is 0 Å². The molecule has 1 atom stereocenters. The fourth-order valence-electron chi connectivity index (χ4n) is 3.77. The summed E-state index contributed by atoms with van der Waals surface area (Å²) < 4.78 is 2.04. The first-order valence-corrected chi connectivity index (χ1v) is 10.9. The number of hydrogen-bond donors (Lipinski definition) is 1. The molecule has 28 heavy (non-hydrogen) atoms. The number of nitrogens with zero attached hydrogens (tertiary/aromatic N) is 3. The van der Waals surface area contributed by atoms with Gasteiger partial charge < -0.3 is 9.72 Å². The average molecular weight is 395 g/mol. The molecule has 1 aromatic carbocycles. The van der Waals surface area contributed by atoms with Gasteiger partial charge in [0.25, 0.3) is 5.91 Å². The van der Waals surface area contributed by atoms with Crippen molar-refractivity contribution < 1.29 is 4.79 Å². The summed E-state index contributed by atoms with van der Waals surface area (Å²) in [5.41, 5.74) is 2.74. The highest BCUT2D eigenvalue weighted by Crippen LogP contribution is 2.23. The standard InChI is InChI=1S/C22H26N4OS/c1-2-25-13-5-6-19(25)14-23-22(27)17-8-10-20(11-9-17)28-16-18-15-26-12-4-3-7-21(26)24-18/h3-4,7-12,15,19H,2,5-6,13-14,16H2,1H3,(H,23,27). The highest BCUT2D eigenvalue weighted by atomic mass is 32.2. The van der Waals surface area contributed by atoms with Crippen LogP contribution in [0, 0.1) is 0 Å². The molecule has 6 heteroatoms. The van der Waals surface area contributed by atoms with E-state index in [0.29, 0.717) is 6.04 Å². The van der Waals surface area contributed by atoms with Crippen LogP contribution in [-0.4, -0.2) is 45.9 Å². The molecule has 1 fully saturated rings. The van der Waals surface area contributed by atoms with Crippen molar-refractivity contribution in [3.63, 3.8) is 0 Å². The summed E-state index contributed by atoms with van der Waals surface area (Å²) in [5, 5.41) is 3.10. The minimum atomic E-state index is 0.0138. The first kappa shape index (κ1) is 19.0. The zero-order valence-electron chi connectivity index (χ0n) is 16.2. The Kier molecular flexibility index (Phi) is 5.98. The summed E-state index contributed by atoms with van der Waals surface area (Å²) in [5.74, 6) is 0.821. The Morgan fingerprint density at radius 1 is 1.25 bits per heavy atom. The molecule has 3 heterocycles. The summed E-state index contributed by atoms with van der Waals surface area (Å²) in [6.45, 7) is 5.12. The Balaban J connectivity index is 1.30. The van der Waals surface area contributed by atoms with Crippen LogP contribution in [0.5, 0.6) is 0 Å². The molecule has 0 aliphatic carbocycles. The van der Waals surface area contributed by atoms with Crippen LogP contribution in [0.25, 0.3) is 5.65 Å². The summed E-state index contributed by atoms with van der Waals surface area (Å²) in [6, 6.07) is 14.3. The Labute approximate surface area is 170 Å². The quantitative estimate of drug-likeness (QED) is 0.619. The van der Waals surface area contributed by atoms with E-state index in [1.54, 1.807) is 11.8 Å². The third kappa shape index (κ3) is 4.39. The number of likely N-dealkylation sites (N-methyl/N-ethyl adjacent to an activating group) is 1. The lowest BCUT2D eigenvalue weighted by Gasteiger charge is -2.22. The maximum atomic E-state index is 12.4. The van der Waals surface area contributed by atoms with Crippen molar-refractivity contribution in [3.05, 3.63) is 66.1 Å². The molecule has 4 rings (SSSR count). The molecule has 1 unspecified atom stereocenters. The Bertz CT molecular complexity index is 904. The van der Waals surface area contributed by atoms with E-state index in [0.717, 1.165) is 47.2 Å². The largest absolute Gasteiger partial charge is 0.350 e. The summed E-state index contributed by atoms with van der Waals surface area (Å²) in [7, 11) is 0. The van der Waals surface area contributed by atoms with E-state index in [-0.39, 0.29) is 5.91 Å². The molecule has 1 amide bonds. The van der Waals surface area contributed by atoms with Crippen LogP contribution in [0.15, 0.2) is 59.8 Å². The minimum Gasteiger partial charge on any atom is -0.350 e. The molecule has 0 radical (unpaired) electrons. The highest BCUT2D eigenvalue weighted by Gasteiger charge is 2.23. The second kappa shape index (κ2) is 8.80. The first-order valence-electron chi connectivity index (χ1n) is 9.90. The third-order valence-corrected chi connectivity index (χ3v) is 6.37. The molecule has 5 nitrogen and oxygen atoms in total. The second-order valence-electron chi connectivity index (χ2n) is 7.15. The van der Waals surface area contributed by atoms with Crippen LogP contribution < -0.4 is 5.32 Å². The summed E-state index contributed by atoms with van der Waals surface area (Å²) in [6.07, 6.45) is 6.47. The molecule has 1 N–H and O–H groups in total. The number of hydrogen-bond acceptors (Lipinski definition) is 4. The zero-order valence-corrected chi connectivity index (χ0v) is 17.0. The number of aromatic nitrogens is 2. The van der Waals surface area contributed by atoms with E-state index in [1.807, 2.05) is 53.1 Å². The van der Waals surface area contributed by atoms with E-state index in [1.165, 1.54) is 12.8 Å². The van der Waals surface area contributed by atoms with Crippen molar-refractivity contribution in [2.45, 2.75) is 36.5 Å². The molecule has 1 aliphatic heterocycles. The number of benzene rings is 1. The maximum absolute atomic E-state index is 12.4.